The normalized spacial score (nSPS) is 11.4. The summed E-state index contributed by atoms with van der Waals surface area (Å²) in [5, 5.41) is 10.7. The molecule has 0 fully saturated rings. The molecule has 3 heteroatoms. The Hall–Kier alpha value is -2.12. The highest BCUT2D eigenvalue weighted by Gasteiger charge is 2.06. The number of ketones is 1. The number of aliphatic hydroxyl groups excluding tert-OH is 1. The number of Topliss-reactive ketones (excluding diaryl/α,β-unsaturated/α-hetero) is 1. The van der Waals surface area contributed by atoms with Crippen molar-refractivity contribution in [1.29, 1.82) is 0 Å². The van der Waals surface area contributed by atoms with Crippen molar-refractivity contribution < 1.29 is 9.90 Å². The number of halogens is 1. The van der Waals surface area contributed by atoms with Gasteiger partial charge in [0.2, 0.25) is 0 Å². The Bertz CT molecular complexity index is 696. The summed E-state index contributed by atoms with van der Waals surface area (Å²) in [4.78, 5) is 11.7. The first-order chi connectivity index (χ1) is 10.6. The van der Waals surface area contributed by atoms with E-state index < -0.39 is 6.10 Å². The van der Waals surface area contributed by atoms with Crippen LogP contribution >= 0.6 is 11.6 Å². The third-order valence-electron chi connectivity index (χ3n) is 3.28. The van der Waals surface area contributed by atoms with Gasteiger partial charge in [-0.05, 0) is 36.3 Å². The fourth-order valence-corrected chi connectivity index (χ4v) is 2.14. The average Bonchev–Trinajstić information content (AvgIpc) is 2.52. The monoisotopic (exact) mass is 312 g/mol. The van der Waals surface area contributed by atoms with Gasteiger partial charge in [0.1, 0.15) is 6.10 Å². The van der Waals surface area contributed by atoms with Crippen LogP contribution in [0.4, 0.5) is 0 Å². The van der Waals surface area contributed by atoms with Crippen LogP contribution in [-0.2, 0) is 11.2 Å². The molecular formula is C19H17ClO2. The molecule has 1 N–H and O–H groups in total. The van der Waals surface area contributed by atoms with Crippen molar-refractivity contribution in [3.05, 3.63) is 88.1 Å². The topological polar surface area (TPSA) is 37.3 Å². The van der Waals surface area contributed by atoms with E-state index in [2.05, 4.69) is 5.73 Å². The summed E-state index contributed by atoms with van der Waals surface area (Å²) >= 11 is 5.82. The van der Waals surface area contributed by atoms with Gasteiger partial charge >= 0.3 is 0 Å². The Labute approximate surface area is 135 Å². The minimum Gasteiger partial charge on any atom is -0.384 e. The molecule has 0 aliphatic rings. The highest BCUT2D eigenvalue weighted by molar-refractivity contribution is 6.30. The summed E-state index contributed by atoms with van der Waals surface area (Å²) in [6.45, 7) is 1.51. The van der Waals surface area contributed by atoms with E-state index in [9.17, 15) is 9.90 Å². The molecule has 0 bridgehead atoms. The number of hydrogen-bond donors (Lipinski definition) is 1. The first-order valence-electron chi connectivity index (χ1n) is 7.00. The van der Waals surface area contributed by atoms with Crippen LogP contribution in [0.15, 0.2) is 72.0 Å². The smallest absolute Gasteiger partial charge is 0.163 e. The van der Waals surface area contributed by atoms with Crippen molar-refractivity contribution in [2.45, 2.75) is 19.4 Å². The first kappa shape index (κ1) is 16.3. The molecule has 2 aromatic carbocycles. The minimum absolute atomic E-state index is 0.0524. The van der Waals surface area contributed by atoms with Crippen LogP contribution in [0.1, 0.15) is 24.2 Å². The Morgan fingerprint density at radius 3 is 2.41 bits per heavy atom. The SMILES string of the molecule is CC(=O)C(=C=CC(O)c1ccc(Cl)cc1)Cc1ccccc1. The molecule has 0 saturated heterocycles. The lowest BCUT2D eigenvalue weighted by molar-refractivity contribution is -0.113. The molecule has 1 atom stereocenters. The number of carbonyl (C=O) groups excluding carboxylic acids is 1. The molecule has 22 heavy (non-hydrogen) atoms. The zero-order valence-corrected chi connectivity index (χ0v) is 13.0. The van der Waals surface area contributed by atoms with E-state index in [4.69, 9.17) is 11.6 Å². The first-order valence-corrected chi connectivity index (χ1v) is 7.38. The lowest BCUT2D eigenvalue weighted by Gasteiger charge is -2.05. The van der Waals surface area contributed by atoms with Crippen LogP contribution in [0.25, 0.3) is 0 Å². The van der Waals surface area contributed by atoms with Gasteiger partial charge in [-0.15, -0.1) is 5.73 Å². The van der Waals surface area contributed by atoms with E-state index in [1.807, 2.05) is 30.3 Å². The summed E-state index contributed by atoms with van der Waals surface area (Å²) in [5.74, 6) is -0.0524. The van der Waals surface area contributed by atoms with Crippen molar-refractivity contribution in [2.24, 2.45) is 0 Å². The molecular weight excluding hydrogens is 296 g/mol. The molecule has 0 aromatic heterocycles. The van der Waals surface area contributed by atoms with Gasteiger partial charge in [-0.3, -0.25) is 4.79 Å². The molecule has 0 amide bonds. The van der Waals surface area contributed by atoms with Crippen molar-refractivity contribution in [1.82, 2.24) is 0 Å². The summed E-state index contributed by atoms with van der Waals surface area (Å²) in [6.07, 6.45) is 1.19. The Morgan fingerprint density at radius 1 is 1.18 bits per heavy atom. The zero-order chi connectivity index (χ0) is 15.9. The maximum atomic E-state index is 11.7. The molecule has 112 valence electrons. The third kappa shape index (κ3) is 4.71. The van der Waals surface area contributed by atoms with E-state index in [0.29, 0.717) is 22.6 Å². The molecule has 0 radical (unpaired) electrons. The summed E-state index contributed by atoms with van der Waals surface area (Å²) in [7, 11) is 0. The summed E-state index contributed by atoms with van der Waals surface area (Å²) < 4.78 is 0. The second-order valence-corrected chi connectivity index (χ2v) is 5.44. The number of rotatable bonds is 5. The molecule has 0 spiro atoms. The molecule has 2 rings (SSSR count). The summed E-state index contributed by atoms with van der Waals surface area (Å²) in [5.41, 5.74) is 5.23. The van der Waals surface area contributed by atoms with Gasteiger partial charge in [0.15, 0.2) is 5.78 Å². The number of benzene rings is 2. The molecule has 0 heterocycles. The number of hydrogen-bond acceptors (Lipinski definition) is 2. The zero-order valence-electron chi connectivity index (χ0n) is 12.3. The van der Waals surface area contributed by atoms with Gasteiger partial charge in [-0.1, -0.05) is 54.1 Å². The Balaban J connectivity index is 2.21. The van der Waals surface area contributed by atoms with Crippen molar-refractivity contribution >= 4 is 17.4 Å². The predicted octanol–water partition coefficient (Wildman–Crippen LogP) is 4.29. The largest absolute Gasteiger partial charge is 0.384 e. The van der Waals surface area contributed by atoms with Crippen molar-refractivity contribution in [3.63, 3.8) is 0 Å². The Morgan fingerprint density at radius 2 is 1.82 bits per heavy atom. The predicted molar refractivity (Wildman–Crippen MR) is 88.8 cm³/mol. The molecule has 2 nitrogen and oxygen atoms in total. The van der Waals surface area contributed by atoms with Gasteiger partial charge in [0.05, 0.1) is 0 Å². The van der Waals surface area contributed by atoms with Crippen LogP contribution in [0, 0.1) is 0 Å². The fraction of sp³-hybridized carbons (Fsp3) is 0.158. The highest BCUT2D eigenvalue weighted by Crippen LogP contribution is 2.17. The maximum absolute atomic E-state index is 11.7. The second kappa shape index (κ2) is 7.77. The van der Waals surface area contributed by atoms with Crippen LogP contribution < -0.4 is 0 Å². The second-order valence-electron chi connectivity index (χ2n) is 5.00. The molecule has 0 aliphatic heterocycles. The van der Waals surface area contributed by atoms with Crippen LogP contribution in [0.5, 0.6) is 0 Å². The quantitative estimate of drug-likeness (QED) is 0.660. The minimum atomic E-state index is -0.817. The van der Waals surface area contributed by atoms with Gasteiger partial charge in [-0.2, -0.15) is 0 Å². The average molecular weight is 313 g/mol. The molecule has 0 saturated carbocycles. The van der Waals surface area contributed by atoms with Gasteiger partial charge in [0.25, 0.3) is 0 Å². The molecule has 2 aromatic rings. The summed E-state index contributed by atoms with van der Waals surface area (Å²) in [6, 6.07) is 16.6. The van der Waals surface area contributed by atoms with Gasteiger partial charge in [0, 0.05) is 17.0 Å². The van der Waals surface area contributed by atoms with Crippen LogP contribution in [-0.4, -0.2) is 10.9 Å². The van der Waals surface area contributed by atoms with Crippen molar-refractivity contribution in [3.8, 4) is 0 Å². The fourth-order valence-electron chi connectivity index (χ4n) is 2.01. The van der Waals surface area contributed by atoms with Crippen LogP contribution in [0.3, 0.4) is 0 Å². The molecule has 1 unspecified atom stereocenters. The van der Waals surface area contributed by atoms with Crippen molar-refractivity contribution in [2.75, 3.05) is 0 Å². The van der Waals surface area contributed by atoms with E-state index in [1.54, 1.807) is 24.3 Å². The van der Waals surface area contributed by atoms with E-state index in [-0.39, 0.29) is 5.78 Å². The third-order valence-corrected chi connectivity index (χ3v) is 3.53. The maximum Gasteiger partial charge on any atom is 0.163 e. The van der Waals surface area contributed by atoms with E-state index in [1.165, 1.54) is 13.0 Å². The van der Waals surface area contributed by atoms with Crippen LogP contribution in [0.2, 0.25) is 5.02 Å². The van der Waals surface area contributed by atoms with Gasteiger partial charge < -0.3 is 5.11 Å². The van der Waals surface area contributed by atoms with Gasteiger partial charge in [-0.25, -0.2) is 0 Å². The van der Waals surface area contributed by atoms with E-state index in [0.717, 1.165) is 5.56 Å². The Kier molecular flexibility index (Phi) is 5.74. The molecule has 0 aliphatic carbocycles. The standard InChI is InChI=1S/C19H17ClO2/c1-14(21)17(13-15-5-3-2-4-6-15)9-12-19(22)16-7-10-18(20)11-8-16/h2-8,10-12,19,22H,13H2,1H3. The number of carbonyl (C=O) groups is 1. The lowest BCUT2D eigenvalue weighted by atomic mass is 10.0. The van der Waals surface area contributed by atoms with E-state index >= 15 is 0 Å². The lowest BCUT2D eigenvalue weighted by Crippen LogP contribution is -2.00. The highest BCUT2D eigenvalue weighted by atomic mass is 35.5. The number of aliphatic hydroxyl groups is 1.